The molecular weight excluding hydrogens is 278 g/mol. The van der Waals surface area contributed by atoms with Crippen molar-refractivity contribution in [3.63, 3.8) is 0 Å². The maximum atomic E-state index is 11.5. The lowest BCUT2D eigenvalue weighted by molar-refractivity contribution is -0.138. The predicted molar refractivity (Wildman–Crippen MR) is 75.9 cm³/mol. The first kappa shape index (κ1) is 13.0. The summed E-state index contributed by atoms with van der Waals surface area (Å²) in [4.78, 5) is 15.6. The van der Waals surface area contributed by atoms with Crippen LogP contribution in [0.2, 0.25) is 5.02 Å². The lowest BCUT2D eigenvalue weighted by Gasteiger charge is -2.17. The average molecular weight is 292 g/mol. The van der Waals surface area contributed by atoms with Gasteiger partial charge in [-0.25, -0.2) is 9.78 Å². The number of hydrogen-bond donors (Lipinski definition) is 2. The Balaban J connectivity index is 1.89. The highest BCUT2D eigenvalue weighted by Gasteiger charge is 2.30. The van der Waals surface area contributed by atoms with Crippen LogP contribution in [0.15, 0.2) is 36.8 Å². The van der Waals surface area contributed by atoms with Crippen molar-refractivity contribution in [1.82, 2.24) is 9.55 Å². The van der Waals surface area contributed by atoms with Crippen LogP contribution >= 0.6 is 11.6 Å². The number of carbonyl (C=O) groups is 1. The molecule has 5 nitrogen and oxygen atoms in total. The summed E-state index contributed by atoms with van der Waals surface area (Å²) in [6.45, 7) is 0. The van der Waals surface area contributed by atoms with Crippen molar-refractivity contribution >= 4 is 23.3 Å². The quantitative estimate of drug-likeness (QED) is 0.888. The third-order valence-corrected chi connectivity index (χ3v) is 3.55. The molecule has 0 spiro atoms. The van der Waals surface area contributed by atoms with Gasteiger partial charge in [0.1, 0.15) is 0 Å². The van der Waals surface area contributed by atoms with Gasteiger partial charge < -0.3 is 15.0 Å². The molecule has 1 heterocycles. The minimum Gasteiger partial charge on any atom is -0.479 e. The Morgan fingerprint density at radius 1 is 1.50 bits per heavy atom. The van der Waals surface area contributed by atoms with Crippen LogP contribution in [0.25, 0.3) is 0 Å². The Bertz CT molecular complexity index is 637. The number of nitrogens with one attached hydrogen (secondary N) is 1. The summed E-state index contributed by atoms with van der Waals surface area (Å²) >= 11 is 5.92. The summed E-state index contributed by atoms with van der Waals surface area (Å²) in [5, 5.41) is 13.0. The molecule has 0 aliphatic heterocycles. The summed E-state index contributed by atoms with van der Waals surface area (Å²) in [6.07, 6.45) is 5.46. The van der Waals surface area contributed by atoms with E-state index in [2.05, 4.69) is 10.3 Å². The Morgan fingerprint density at radius 3 is 2.95 bits per heavy atom. The van der Waals surface area contributed by atoms with Gasteiger partial charge in [0, 0.05) is 16.8 Å². The number of imidazole rings is 1. The van der Waals surface area contributed by atoms with E-state index in [1.54, 1.807) is 36.8 Å². The smallest absolute Gasteiger partial charge is 0.332 e. The molecule has 0 saturated heterocycles. The predicted octanol–water partition coefficient (Wildman–Crippen LogP) is 3.11. The number of anilines is 1. The Hall–Kier alpha value is -2.01. The number of carboxylic acid groups (broad SMARTS) is 1. The number of hydrogen-bond acceptors (Lipinski definition) is 3. The monoisotopic (exact) mass is 291 g/mol. The number of nitrogens with zero attached hydrogens (tertiary/aromatic N) is 2. The van der Waals surface area contributed by atoms with Crippen LogP contribution < -0.4 is 5.32 Å². The normalized spacial score (nSPS) is 15.8. The van der Waals surface area contributed by atoms with Gasteiger partial charge in [-0.3, -0.25) is 0 Å². The molecule has 0 amide bonds. The second-order valence-electron chi connectivity index (χ2n) is 4.88. The molecule has 6 heteroatoms. The lowest BCUT2D eigenvalue weighted by atomic mass is 10.2. The fourth-order valence-electron chi connectivity index (χ4n) is 2.20. The van der Waals surface area contributed by atoms with Crippen LogP contribution in [0.1, 0.15) is 30.6 Å². The highest BCUT2D eigenvalue weighted by Crippen LogP contribution is 2.37. The molecule has 0 bridgehead atoms. The minimum atomic E-state index is -0.938. The molecule has 1 fully saturated rings. The highest BCUT2D eigenvalue weighted by molar-refractivity contribution is 6.30. The zero-order chi connectivity index (χ0) is 14.1. The van der Waals surface area contributed by atoms with Crippen molar-refractivity contribution in [2.24, 2.45) is 0 Å². The van der Waals surface area contributed by atoms with Crippen LogP contribution in [0.3, 0.4) is 0 Å². The van der Waals surface area contributed by atoms with Crippen molar-refractivity contribution in [2.45, 2.75) is 24.9 Å². The van der Waals surface area contributed by atoms with E-state index in [0.717, 1.165) is 12.8 Å². The van der Waals surface area contributed by atoms with Crippen LogP contribution in [0.4, 0.5) is 5.69 Å². The topological polar surface area (TPSA) is 67.2 Å². The largest absolute Gasteiger partial charge is 0.479 e. The third-order valence-electron chi connectivity index (χ3n) is 3.31. The summed E-state index contributed by atoms with van der Waals surface area (Å²) in [7, 11) is 0. The summed E-state index contributed by atoms with van der Waals surface area (Å²) in [5.74, 6) is -0.938. The van der Waals surface area contributed by atoms with Gasteiger partial charge >= 0.3 is 5.97 Å². The van der Waals surface area contributed by atoms with E-state index in [9.17, 15) is 9.90 Å². The Morgan fingerprint density at radius 2 is 2.30 bits per heavy atom. The van der Waals surface area contributed by atoms with E-state index >= 15 is 0 Å². The zero-order valence-electron chi connectivity index (χ0n) is 10.7. The molecule has 3 rings (SSSR count). The van der Waals surface area contributed by atoms with E-state index in [4.69, 9.17) is 11.6 Å². The first-order valence-electron chi connectivity index (χ1n) is 6.42. The van der Waals surface area contributed by atoms with Gasteiger partial charge in [-0.2, -0.15) is 0 Å². The highest BCUT2D eigenvalue weighted by atomic mass is 35.5. The molecule has 0 radical (unpaired) electrons. The van der Waals surface area contributed by atoms with E-state index in [0.29, 0.717) is 22.4 Å². The van der Waals surface area contributed by atoms with Crippen molar-refractivity contribution in [2.75, 3.05) is 5.32 Å². The molecule has 2 aromatic rings. The van der Waals surface area contributed by atoms with Crippen LogP contribution in [0.5, 0.6) is 0 Å². The SMILES string of the molecule is O=C(O)C(Nc1cccc(Cl)c1)c1cncn1C1CC1. The van der Waals surface area contributed by atoms with Gasteiger partial charge in [0.2, 0.25) is 0 Å². The van der Waals surface area contributed by atoms with Crippen LogP contribution in [-0.2, 0) is 4.79 Å². The molecule has 1 unspecified atom stereocenters. The van der Waals surface area contributed by atoms with Crippen molar-refractivity contribution < 1.29 is 9.90 Å². The fraction of sp³-hybridized carbons (Fsp3) is 0.286. The number of halogens is 1. The Labute approximate surface area is 121 Å². The molecule has 20 heavy (non-hydrogen) atoms. The van der Waals surface area contributed by atoms with Gasteiger partial charge in [0.05, 0.1) is 18.2 Å². The van der Waals surface area contributed by atoms with Gasteiger partial charge in [0.15, 0.2) is 6.04 Å². The number of benzene rings is 1. The summed E-state index contributed by atoms with van der Waals surface area (Å²) < 4.78 is 1.94. The number of carboxylic acids is 1. The van der Waals surface area contributed by atoms with E-state index < -0.39 is 12.0 Å². The molecule has 1 aliphatic rings. The Kier molecular flexibility index (Phi) is 3.36. The van der Waals surface area contributed by atoms with Gasteiger partial charge in [0.25, 0.3) is 0 Å². The zero-order valence-corrected chi connectivity index (χ0v) is 11.4. The lowest BCUT2D eigenvalue weighted by Crippen LogP contribution is -2.23. The molecule has 1 aromatic carbocycles. The van der Waals surface area contributed by atoms with Gasteiger partial charge in [-0.1, -0.05) is 17.7 Å². The maximum absolute atomic E-state index is 11.5. The van der Waals surface area contributed by atoms with Gasteiger partial charge in [-0.05, 0) is 31.0 Å². The first-order chi connectivity index (χ1) is 9.65. The van der Waals surface area contributed by atoms with Crippen molar-refractivity contribution in [1.29, 1.82) is 0 Å². The molecule has 1 aliphatic carbocycles. The summed E-state index contributed by atoms with van der Waals surface area (Å²) in [6, 6.07) is 6.57. The van der Waals surface area contributed by atoms with Crippen LogP contribution in [0, 0.1) is 0 Å². The molecule has 104 valence electrons. The maximum Gasteiger partial charge on any atom is 0.332 e. The summed E-state index contributed by atoms with van der Waals surface area (Å²) in [5.41, 5.74) is 1.34. The fourth-order valence-corrected chi connectivity index (χ4v) is 2.39. The molecule has 1 aromatic heterocycles. The molecular formula is C14H14ClN3O2. The van der Waals surface area contributed by atoms with E-state index in [-0.39, 0.29) is 0 Å². The number of rotatable bonds is 5. The van der Waals surface area contributed by atoms with Gasteiger partial charge in [-0.15, -0.1) is 0 Å². The second-order valence-corrected chi connectivity index (χ2v) is 5.32. The van der Waals surface area contributed by atoms with Crippen molar-refractivity contribution in [3.8, 4) is 0 Å². The average Bonchev–Trinajstić information content (AvgIpc) is 3.14. The van der Waals surface area contributed by atoms with E-state index in [1.165, 1.54) is 0 Å². The molecule has 1 saturated carbocycles. The molecule has 2 N–H and O–H groups in total. The number of aliphatic carboxylic acids is 1. The molecule has 1 atom stereocenters. The second kappa shape index (κ2) is 5.17. The first-order valence-corrected chi connectivity index (χ1v) is 6.79. The van der Waals surface area contributed by atoms with Crippen LogP contribution in [-0.4, -0.2) is 20.6 Å². The standard InChI is InChI=1S/C14H14ClN3O2/c15-9-2-1-3-10(6-9)17-13(14(19)20)12-7-16-8-18(12)11-4-5-11/h1-3,6-8,11,13,17H,4-5H2,(H,19,20). The van der Waals surface area contributed by atoms with Crippen molar-refractivity contribution in [3.05, 3.63) is 47.5 Å². The number of aromatic nitrogens is 2. The minimum absolute atomic E-state index is 0.385. The van der Waals surface area contributed by atoms with E-state index in [1.807, 2.05) is 4.57 Å². The third kappa shape index (κ3) is 2.63.